The van der Waals surface area contributed by atoms with Crippen LogP contribution in [-0.4, -0.2) is 29.1 Å². The third-order valence-electron chi connectivity index (χ3n) is 2.00. The van der Waals surface area contributed by atoms with Gasteiger partial charge < -0.3 is 5.73 Å². The minimum atomic E-state index is -3.59. The first-order valence-corrected chi connectivity index (χ1v) is 9.05. The second-order valence-corrected chi connectivity index (χ2v) is 8.44. The second kappa shape index (κ2) is 6.08. The monoisotopic (exact) mass is 313 g/mol. The second-order valence-electron chi connectivity index (χ2n) is 3.54. The number of hydrogen-bond donors (Lipinski definition) is 3. The summed E-state index contributed by atoms with van der Waals surface area (Å²) in [6, 6.07) is 3.11. The Bertz CT molecular complexity index is 591. The van der Waals surface area contributed by atoms with Gasteiger partial charge in [0, 0.05) is 18.0 Å². The molecule has 5 N–H and O–H groups in total. The highest BCUT2D eigenvalue weighted by atomic mass is 32.2. The fourth-order valence-electron chi connectivity index (χ4n) is 1.16. The molecule has 1 heterocycles. The molecule has 1 rings (SSSR count). The summed E-state index contributed by atoms with van der Waals surface area (Å²) in [6.07, 6.45) is 0.132. The van der Waals surface area contributed by atoms with Crippen molar-refractivity contribution in [3.63, 3.8) is 0 Å². The molecule has 0 aromatic carbocycles. The van der Waals surface area contributed by atoms with Crippen LogP contribution in [0.2, 0.25) is 0 Å². The summed E-state index contributed by atoms with van der Waals surface area (Å²) >= 11 is 1.08. The molecule has 104 valence electrons. The van der Waals surface area contributed by atoms with E-state index in [1.54, 1.807) is 6.07 Å². The molecule has 0 aliphatic rings. The van der Waals surface area contributed by atoms with Crippen molar-refractivity contribution in [2.45, 2.75) is 17.2 Å². The highest BCUT2D eigenvalue weighted by Gasteiger charge is 2.16. The van der Waals surface area contributed by atoms with Gasteiger partial charge in [-0.2, -0.15) is 0 Å². The van der Waals surface area contributed by atoms with Gasteiger partial charge in [-0.3, -0.25) is 0 Å². The number of rotatable bonds is 7. The summed E-state index contributed by atoms with van der Waals surface area (Å²) in [6.45, 7) is 0.306. The van der Waals surface area contributed by atoms with Crippen molar-refractivity contribution in [1.29, 1.82) is 0 Å². The standard InChI is InChI=1S/C8H15N3O4S3/c9-6-7-2-3-8(16-7)18(14,15)11-4-1-5-17(10,12)13/h2-3,11H,1,4-6,9H2,(H2,10,12,13). The van der Waals surface area contributed by atoms with Crippen LogP contribution in [0.5, 0.6) is 0 Å². The SMILES string of the molecule is NCc1ccc(S(=O)(=O)NCCCS(N)(=O)=O)s1. The van der Waals surface area contributed by atoms with E-state index in [9.17, 15) is 16.8 Å². The smallest absolute Gasteiger partial charge is 0.250 e. The van der Waals surface area contributed by atoms with Crippen molar-refractivity contribution in [1.82, 2.24) is 4.72 Å². The molecule has 0 aliphatic carbocycles. The van der Waals surface area contributed by atoms with Gasteiger partial charge in [-0.15, -0.1) is 11.3 Å². The lowest BCUT2D eigenvalue weighted by Crippen LogP contribution is -2.27. The molecule has 18 heavy (non-hydrogen) atoms. The lowest BCUT2D eigenvalue weighted by Gasteiger charge is -2.03. The molecule has 0 amide bonds. The van der Waals surface area contributed by atoms with Crippen molar-refractivity contribution < 1.29 is 16.8 Å². The average Bonchev–Trinajstić information content (AvgIpc) is 2.72. The molecule has 7 nitrogen and oxygen atoms in total. The van der Waals surface area contributed by atoms with Gasteiger partial charge in [0.25, 0.3) is 0 Å². The highest BCUT2D eigenvalue weighted by Crippen LogP contribution is 2.20. The number of nitrogens with one attached hydrogen (secondary N) is 1. The number of sulfonamides is 2. The predicted molar refractivity (Wildman–Crippen MR) is 70.0 cm³/mol. The maximum atomic E-state index is 11.8. The van der Waals surface area contributed by atoms with Gasteiger partial charge in [0.05, 0.1) is 5.75 Å². The lowest BCUT2D eigenvalue weighted by atomic mass is 10.5. The summed E-state index contributed by atoms with van der Waals surface area (Å²) in [5, 5.41) is 4.80. The first-order valence-electron chi connectivity index (χ1n) is 5.03. The Morgan fingerprint density at radius 1 is 1.22 bits per heavy atom. The van der Waals surface area contributed by atoms with E-state index in [2.05, 4.69) is 4.72 Å². The Kier molecular flexibility index (Phi) is 5.25. The van der Waals surface area contributed by atoms with Crippen molar-refractivity contribution in [3.05, 3.63) is 17.0 Å². The molecule has 0 aliphatic heterocycles. The molecular weight excluding hydrogens is 298 g/mol. The van der Waals surface area contributed by atoms with Gasteiger partial charge >= 0.3 is 0 Å². The molecule has 0 unspecified atom stereocenters. The Morgan fingerprint density at radius 2 is 1.89 bits per heavy atom. The van der Waals surface area contributed by atoms with Crippen molar-refractivity contribution >= 4 is 31.4 Å². The summed E-state index contributed by atoms with van der Waals surface area (Å²) < 4.78 is 47.3. The van der Waals surface area contributed by atoms with Gasteiger partial charge in [0.2, 0.25) is 20.0 Å². The molecule has 0 atom stereocenters. The first kappa shape index (κ1) is 15.5. The minimum absolute atomic E-state index is 0.0224. The van der Waals surface area contributed by atoms with Gasteiger partial charge in [0.15, 0.2) is 0 Å². The molecule has 0 bridgehead atoms. The number of primary sulfonamides is 1. The average molecular weight is 313 g/mol. The van der Waals surface area contributed by atoms with E-state index >= 15 is 0 Å². The van der Waals surface area contributed by atoms with E-state index in [0.717, 1.165) is 16.2 Å². The first-order chi connectivity index (χ1) is 8.24. The Morgan fingerprint density at radius 3 is 2.39 bits per heavy atom. The third kappa shape index (κ3) is 5.00. The normalized spacial score (nSPS) is 12.8. The molecule has 0 saturated carbocycles. The number of hydrogen-bond acceptors (Lipinski definition) is 6. The molecule has 0 radical (unpaired) electrons. The maximum Gasteiger partial charge on any atom is 0.250 e. The Hall–Kier alpha value is -0.520. The van der Waals surface area contributed by atoms with E-state index in [1.165, 1.54) is 6.07 Å². The van der Waals surface area contributed by atoms with Crippen LogP contribution in [-0.2, 0) is 26.6 Å². The van der Waals surface area contributed by atoms with E-state index in [-0.39, 0.29) is 29.5 Å². The van der Waals surface area contributed by atoms with Crippen molar-refractivity contribution in [2.75, 3.05) is 12.3 Å². The van der Waals surface area contributed by atoms with Crippen LogP contribution in [0.15, 0.2) is 16.3 Å². The van der Waals surface area contributed by atoms with E-state index in [0.29, 0.717) is 0 Å². The molecule has 10 heteroatoms. The zero-order chi connectivity index (χ0) is 13.8. The van der Waals surface area contributed by atoms with Crippen LogP contribution >= 0.6 is 11.3 Å². The fraction of sp³-hybridized carbons (Fsp3) is 0.500. The summed E-state index contributed by atoms with van der Waals surface area (Å²) in [4.78, 5) is 0.764. The van der Waals surface area contributed by atoms with Gasteiger partial charge in [0.1, 0.15) is 4.21 Å². The fourth-order valence-corrected chi connectivity index (χ4v) is 4.06. The van der Waals surface area contributed by atoms with E-state index < -0.39 is 20.0 Å². The highest BCUT2D eigenvalue weighted by molar-refractivity contribution is 7.91. The molecule has 1 aromatic heterocycles. The largest absolute Gasteiger partial charge is 0.326 e. The van der Waals surface area contributed by atoms with Crippen molar-refractivity contribution in [3.8, 4) is 0 Å². The minimum Gasteiger partial charge on any atom is -0.326 e. The number of nitrogens with two attached hydrogens (primary N) is 2. The third-order valence-corrected chi connectivity index (χ3v) is 5.92. The number of thiophene rings is 1. The van der Waals surface area contributed by atoms with Crippen molar-refractivity contribution in [2.24, 2.45) is 10.9 Å². The van der Waals surface area contributed by atoms with Gasteiger partial charge in [-0.05, 0) is 18.6 Å². The summed E-state index contributed by atoms with van der Waals surface area (Å²) in [5.74, 6) is -0.256. The Labute approximate surface area is 110 Å². The zero-order valence-corrected chi connectivity index (χ0v) is 11.9. The zero-order valence-electron chi connectivity index (χ0n) is 9.50. The van der Waals surface area contributed by atoms with Crippen LogP contribution < -0.4 is 15.6 Å². The van der Waals surface area contributed by atoms with Crippen LogP contribution in [0, 0.1) is 0 Å². The lowest BCUT2D eigenvalue weighted by molar-refractivity contribution is 0.578. The van der Waals surface area contributed by atoms with Crippen LogP contribution in [0.25, 0.3) is 0 Å². The van der Waals surface area contributed by atoms with E-state index in [1.807, 2.05) is 0 Å². The van der Waals surface area contributed by atoms with Gasteiger partial charge in [-0.1, -0.05) is 0 Å². The molecule has 0 fully saturated rings. The molecule has 0 saturated heterocycles. The van der Waals surface area contributed by atoms with Gasteiger partial charge in [-0.25, -0.2) is 26.7 Å². The van der Waals surface area contributed by atoms with E-state index in [4.69, 9.17) is 10.9 Å². The maximum absolute atomic E-state index is 11.8. The summed E-state index contributed by atoms with van der Waals surface area (Å²) in [5.41, 5.74) is 5.39. The summed E-state index contributed by atoms with van der Waals surface area (Å²) in [7, 11) is -7.15. The predicted octanol–water partition coefficient (Wildman–Crippen LogP) is -0.836. The molecule has 1 aromatic rings. The Balaban J connectivity index is 2.55. The van der Waals surface area contributed by atoms with Crippen LogP contribution in [0.3, 0.4) is 0 Å². The topological polar surface area (TPSA) is 132 Å². The van der Waals surface area contributed by atoms with Crippen LogP contribution in [0.4, 0.5) is 0 Å². The quantitative estimate of drug-likeness (QED) is 0.565. The van der Waals surface area contributed by atoms with Crippen LogP contribution in [0.1, 0.15) is 11.3 Å². The molecular formula is C8H15N3O4S3. The molecule has 0 spiro atoms.